The van der Waals surface area contributed by atoms with Crippen LogP contribution in [0.4, 0.5) is 5.82 Å². The van der Waals surface area contributed by atoms with Crippen LogP contribution in [0.2, 0.25) is 0 Å². The predicted molar refractivity (Wildman–Crippen MR) is 86.9 cm³/mol. The molecule has 0 atom stereocenters. The van der Waals surface area contributed by atoms with Crippen molar-refractivity contribution >= 4 is 27.0 Å². The summed E-state index contributed by atoms with van der Waals surface area (Å²) in [4.78, 5) is 11.1. The molecule has 0 saturated carbocycles. The normalized spacial score (nSPS) is 16.0. The number of ether oxygens (including phenoxy) is 1. The number of hydrogen-bond acceptors (Lipinski definition) is 7. The van der Waals surface area contributed by atoms with Gasteiger partial charge in [0.2, 0.25) is 0 Å². The Labute approximate surface area is 133 Å². The Kier molecular flexibility index (Phi) is 4.42. The number of nitrogens with zero attached hydrogens (tertiary/aromatic N) is 3. The lowest BCUT2D eigenvalue weighted by Gasteiger charge is -2.28. The molecule has 1 aliphatic rings. The Morgan fingerprint density at radius 3 is 2.73 bits per heavy atom. The summed E-state index contributed by atoms with van der Waals surface area (Å²) in [5.74, 6) is 1.26. The van der Waals surface area contributed by atoms with Gasteiger partial charge in [-0.3, -0.25) is 0 Å². The highest BCUT2D eigenvalue weighted by Gasteiger charge is 2.17. The molecule has 0 unspecified atom stereocenters. The van der Waals surface area contributed by atoms with E-state index in [1.165, 1.54) is 6.26 Å². The molecule has 3 rings (SSSR count). The molecule has 0 bridgehead atoms. The van der Waals surface area contributed by atoms with E-state index in [1.54, 1.807) is 17.4 Å². The van der Waals surface area contributed by atoms with Crippen LogP contribution in [0.25, 0.3) is 11.4 Å². The van der Waals surface area contributed by atoms with Crippen LogP contribution in [-0.2, 0) is 20.3 Å². The molecule has 1 aliphatic heterocycles. The summed E-state index contributed by atoms with van der Waals surface area (Å²) in [5, 5.41) is 3.92. The van der Waals surface area contributed by atoms with Gasteiger partial charge in [0, 0.05) is 36.4 Å². The summed E-state index contributed by atoms with van der Waals surface area (Å²) in [6, 6.07) is 3.70. The van der Waals surface area contributed by atoms with E-state index in [-0.39, 0.29) is 5.75 Å². The highest BCUT2D eigenvalue weighted by atomic mass is 32.2. The van der Waals surface area contributed by atoms with E-state index in [2.05, 4.69) is 14.9 Å². The molecule has 0 aliphatic carbocycles. The lowest BCUT2D eigenvalue weighted by molar-refractivity contribution is 0.122. The van der Waals surface area contributed by atoms with Crippen molar-refractivity contribution in [2.45, 2.75) is 5.75 Å². The van der Waals surface area contributed by atoms with Gasteiger partial charge >= 0.3 is 0 Å². The quantitative estimate of drug-likeness (QED) is 0.842. The van der Waals surface area contributed by atoms with Crippen molar-refractivity contribution < 1.29 is 13.2 Å². The zero-order chi connectivity index (χ0) is 15.6. The molecular weight excluding hydrogens is 322 g/mol. The number of rotatable bonds is 4. The maximum atomic E-state index is 11.6. The Bertz CT molecular complexity index is 739. The predicted octanol–water partition coefficient (Wildman–Crippen LogP) is 1.59. The molecule has 8 heteroatoms. The van der Waals surface area contributed by atoms with Gasteiger partial charge < -0.3 is 9.64 Å². The Hall–Kier alpha value is -1.51. The molecule has 0 N–H and O–H groups in total. The van der Waals surface area contributed by atoms with Gasteiger partial charge in [0.1, 0.15) is 5.82 Å². The van der Waals surface area contributed by atoms with Crippen LogP contribution in [0.1, 0.15) is 5.69 Å². The van der Waals surface area contributed by atoms with Gasteiger partial charge in [-0.15, -0.1) is 0 Å². The van der Waals surface area contributed by atoms with Crippen molar-refractivity contribution in [3.63, 3.8) is 0 Å². The van der Waals surface area contributed by atoms with Crippen molar-refractivity contribution in [1.29, 1.82) is 0 Å². The Morgan fingerprint density at radius 2 is 2.09 bits per heavy atom. The molecule has 0 aromatic carbocycles. The summed E-state index contributed by atoms with van der Waals surface area (Å²) >= 11 is 1.56. The molecule has 3 heterocycles. The highest BCUT2D eigenvalue weighted by Crippen LogP contribution is 2.23. The summed E-state index contributed by atoms with van der Waals surface area (Å²) in [6.45, 7) is 2.80. The number of sulfone groups is 1. The van der Waals surface area contributed by atoms with Gasteiger partial charge in [0.25, 0.3) is 0 Å². The lowest BCUT2D eigenvalue weighted by atomic mass is 10.3. The number of thiophene rings is 1. The van der Waals surface area contributed by atoms with E-state index in [9.17, 15) is 8.42 Å². The molecule has 0 spiro atoms. The molecule has 1 fully saturated rings. The zero-order valence-electron chi connectivity index (χ0n) is 12.2. The summed E-state index contributed by atoms with van der Waals surface area (Å²) < 4.78 is 28.5. The standard InChI is InChI=1S/C14H17N3O3S2/c1-22(18,19)10-12-8-13(17-3-5-20-6-4-17)16-14(15-12)11-2-7-21-9-11/h2,7-9H,3-6,10H2,1H3. The fourth-order valence-electron chi connectivity index (χ4n) is 2.30. The summed E-state index contributed by atoms with van der Waals surface area (Å²) in [6.07, 6.45) is 1.22. The third-order valence-electron chi connectivity index (χ3n) is 3.29. The number of aromatic nitrogens is 2. The van der Waals surface area contributed by atoms with E-state index in [4.69, 9.17) is 4.74 Å². The highest BCUT2D eigenvalue weighted by molar-refractivity contribution is 7.89. The van der Waals surface area contributed by atoms with Crippen molar-refractivity contribution in [2.75, 3.05) is 37.5 Å². The molecule has 1 saturated heterocycles. The van der Waals surface area contributed by atoms with Crippen molar-refractivity contribution in [2.24, 2.45) is 0 Å². The van der Waals surface area contributed by atoms with Gasteiger partial charge in [-0.2, -0.15) is 11.3 Å². The first-order valence-corrected chi connectivity index (χ1v) is 9.92. The van der Waals surface area contributed by atoms with E-state index in [0.717, 1.165) is 24.5 Å². The molecule has 118 valence electrons. The fraction of sp³-hybridized carbons (Fsp3) is 0.429. The monoisotopic (exact) mass is 339 g/mol. The third kappa shape index (κ3) is 3.82. The van der Waals surface area contributed by atoms with E-state index >= 15 is 0 Å². The number of anilines is 1. The van der Waals surface area contributed by atoms with Crippen LogP contribution in [0.15, 0.2) is 22.9 Å². The fourth-order valence-corrected chi connectivity index (χ4v) is 3.62. The van der Waals surface area contributed by atoms with Gasteiger partial charge in [-0.25, -0.2) is 18.4 Å². The van der Waals surface area contributed by atoms with Crippen molar-refractivity contribution in [3.8, 4) is 11.4 Å². The van der Waals surface area contributed by atoms with E-state index in [0.29, 0.717) is 24.7 Å². The summed E-state index contributed by atoms with van der Waals surface area (Å²) in [7, 11) is -3.14. The van der Waals surface area contributed by atoms with Gasteiger partial charge in [0.05, 0.1) is 24.7 Å². The van der Waals surface area contributed by atoms with Crippen molar-refractivity contribution in [1.82, 2.24) is 9.97 Å². The molecule has 0 amide bonds. The molecule has 22 heavy (non-hydrogen) atoms. The minimum absolute atomic E-state index is 0.0794. The summed E-state index contributed by atoms with van der Waals surface area (Å²) in [5.41, 5.74) is 1.44. The van der Waals surface area contributed by atoms with Crippen LogP contribution < -0.4 is 4.90 Å². The maximum Gasteiger partial charge on any atom is 0.162 e. The second kappa shape index (κ2) is 6.31. The molecule has 6 nitrogen and oxygen atoms in total. The molecule has 0 radical (unpaired) electrons. The smallest absolute Gasteiger partial charge is 0.162 e. The number of hydrogen-bond donors (Lipinski definition) is 0. The Balaban J connectivity index is 2.01. The first-order chi connectivity index (χ1) is 10.5. The van der Waals surface area contributed by atoms with Crippen LogP contribution >= 0.6 is 11.3 Å². The maximum absolute atomic E-state index is 11.6. The molecular formula is C14H17N3O3S2. The van der Waals surface area contributed by atoms with Crippen LogP contribution in [0.3, 0.4) is 0 Å². The Morgan fingerprint density at radius 1 is 1.32 bits per heavy atom. The second-order valence-corrected chi connectivity index (χ2v) is 8.14. The first kappa shape index (κ1) is 15.4. The molecule has 2 aromatic rings. The SMILES string of the molecule is CS(=O)(=O)Cc1cc(N2CCOCC2)nc(-c2ccsc2)n1. The topological polar surface area (TPSA) is 72.4 Å². The minimum atomic E-state index is -3.14. The van der Waals surface area contributed by atoms with Gasteiger partial charge in [-0.05, 0) is 11.4 Å². The average molecular weight is 339 g/mol. The van der Waals surface area contributed by atoms with Crippen molar-refractivity contribution in [3.05, 3.63) is 28.6 Å². The van der Waals surface area contributed by atoms with Crippen LogP contribution in [0.5, 0.6) is 0 Å². The van der Waals surface area contributed by atoms with Gasteiger partial charge in [0.15, 0.2) is 15.7 Å². The first-order valence-electron chi connectivity index (χ1n) is 6.92. The average Bonchev–Trinajstić information content (AvgIpc) is 3.00. The largest absolute Gasteiger partial charge is 0.378 e. The second-order valence-electron chi connectivity index (χ2n) is 5.22. The molecule has 2 aromatic heterocycles. The number of morpholine rings is 1. The minimum Gasteiger partial charge on any atom is -0.378 e. The van der Waals surface area contributed by atoms with Crippen LogP contribution in [0, 0.1) is 0 Å². The van der Waals surface area contributed by atoms with E-state index < -0.39 is 9.84 Å². The zero-order valence-corrected chi connectivity index (χ0v) is 13.9. The van der Waals surface area contributed by atoms with E-state index in [1.807, 2.05) is 16.8 Å². The van der Waals surface area contributed by atoms with Crippen LogP contribution in [-0.4, -0.2) is 50.9 Å². The third-order valence-corrected chi connectivity index (χ3v) is 4.79. The van der Waals surface area contributed by atoms with Gasteiger partial charge in [-0.1, -0.05) is 0 Å². The lowest BCUT2D eigenvalue weighted by Crippen LogP contribution is -2.37.